The molecule has 100 valence electrons. The molecule has 1 rings (SSSR count). The van der Waals surface area contributed by atoms with Crippen molar-refractivity contribution in [1.82, 2.24) is 4.98 Å². The summed E-state index contributed by atoms with van der Waals surface area (Å²) in [5.74, 6) is -0.736. The molecular weight excluding hydrogens is 268 g/mol. The molecule has 18 heavy (non-hydrogen) atoms. The highest BCUT2D eigenvalue weighted by atomic mass is 19.4. The van der Waals surface area contributed by atoms with Gasteiger partial charge in [-0.1, -0.05) is 0 Å². The first kappa shape index (κ1) is 14.3. The topological polar surface area (TPSA) is 39.2 Å². The minimum atomic E-state index is -5.60. The van der Waals surface area contributed by atoms with Gasteiger partial charge in [-0.15, -0.1) is 0 Å². The number of aromatic nitrogens is 1. The van der Waals surface area contributed by atoms with Crippen LogP contribution in [-0.2, 0) is 0 Å². The molecule has 0 atom stereocenters. The lowest BCUT2D eigenvalue weighted by Gasteiger charge is -2.23. The summed E-state index contributed by atoms with van der Waals surface area (Å²) in [5.41, 5.74) is -0.141. The summed E-state index contributed by atoms with van der Waals surface area (Å²) in [4.78, 5) is 13.5. The second kappa shape index (κ2) is 4.83. The first-order valence-electron chi connectivity index (χ1n) is 4.36. The molecule has 0 N–H and O–H groups in total. The number of pyridine rings is 1. The third-order valence-electron chi connectivity index (χ3n) is 1.73. The van der Waals surface area contributed by atoms with Crippen molar-refractivity contribution < 1.29 is 35.9 Å². The summed E-state index contributed by atoms with van der Waals surface area (Å²) < 4.78 is 76.6. The van der Waals surface area contributed by atoms with Crippen molar-refractivity contribution in [3.05, 3.63) is 24.0 Å². The number of hydrogen-bond acceptors (Lipinski definition) is 3. The molecule has 3 nitrogen and oxygen atoms in total. The van der Waals surface area contributed by atoms with Crippen molar-refractivity contribution >= 4 is 6.29 Å². The van der Waals surface area contributed by atoms with Crippen molar-refractivity contribution in [1.29, 1.82) is 0 Å². The molecule has 0 radical (unpaired) electrons. The van der Waals surface area contributed by atoms with Crippen LogP contribution in [0.25, 0.3) is 0 Å². The number of carbonyl (C=O) groups is 1. The summed E-state index contributed by atoms with van der Waals surface area (Å²) >= 11 is 0. The van der Waals surface area contributed by atoms with Gasteiger partial charge in [-0.05, 0) is 12.1 Å². The Morgan fingerprint density at radius 2 is 1.67 bits per heavy atom. The maximum Gasteiger partial charge on any atom is 0.434 e. The number of carbonyl (C=O) groups excluding carboxylic acids is 1. The molecule has 0 unspecified atom stereocenters. The molecule has 0 saturated carbocycles. The first-order chi connectivity index (χ1) is 8.14. The molecule has 0 aliphatic carbocycles. The first-order valence-corrected chi connectivity index (χ1v) is 4.36. The number of hydrogen-bond donors (Lipinski definition) is 0. The molecule has 1 heterocycles. The van der Waals surface area contributed by atoms with Gasteiger partial charge in [-0.3, -0.25) is 4.79 Å². The van der Waals surface area contributed by atoms with Crippen molar-refractivity contribution in [2.75, 3.05) is 0 Å². The SMILES string of the molecule is O=Cc1ccc(OC(C(F)(F)F)C(F)(F)F)cn1. The van der Waals surface area contributed by atoms with Crippen LogP contribution in [0, 0.1) is 0 Å². The van der Waals surface area contributed by atoms with Crippen molar-refractivity contribution in [2.45, 2.75) is 18.5 Å². The Morgan fingerprint density at radius 3 is 2.00 bits per heavy atom. The molecule has 0 saturated heterocycles. The molecule has 0 aromatic carbocycles. The Kier molecular flexibility index (Phi) is 3.82. The van der Waals surface area contributed by atoms with Gasteiger partial charge in [0.05, 0.1) is 6.20 Å². The minimum Gasteiger partial charge on any atom is -0.470 e. The highest BCUT2D eigenvalue weighted by molar-refractivity contribution is 5.71. The van der Waals surface area contributed by atoms with E-state index in [0.29, 0.717) is 6.20 Å². The fourth-order valence-electron chi connectivity index (χ4n) is 0.986. The largest absolute Gasteiger partial charge is 0.470 e. The average Bonchev–Trinajstić information content (AvgIpc) is 2.23. The van der Waals surface area contributed by atoms with Gasteiger partial charge in [0.25, 0.3) is 6.10 Å². The second-order valence-corrected chi connectivity index (χ2v) is 3.12. The maximum absolute atomic E-state index is 12.1. The molecule has 0 spiro atoms. The van der Waals surface area contributed by atoms with Crippen LogP contribution in [0.2, 0.25) is 0 Å². The van der Waals surface area contributed by atoms with Gasteiger partial charge in [0.2, 0.25) is 0 Å². The normalized spacial score (nSPS) is 12.6. The van der Waals surface area contributed by atoms with Crippen molar-refractivity contribution in [3.8, 4) is 5.75 Å². The predicted octanol–water partition coefficient (Wildman–Crippen LogP) is 2.77. The third-order valence-corrected chi connectivity index (χ3v) is 1.73. The quantitative estimate of drug-likeness (QED) is 0.628. The van der Waals surface area contributed by atoms with Gasteiger partial charge < -0.3 is 4.74 Å². The summed E-state index contributed by atoms with van der Waals surface area (Å²) in [6.45, 7) is 0. The van der Waals surface area contributed by atoms with Crippen LogP contribution in [0.15, 0.2) is 18.3 Å². The number of alkyl halides is 6. The molecule has 1 aromatic heterocycles. The van der Waals surface area contributed by atoms with Crippen LogP contribution in [0.4, 0.5) is 26.3 Å². The Balaban J connectivity index is 2.93. The van der Waals surface area contributed by atoms with E-state index in [2.05, 4.69) is 9.72 Å². The number of halogens is 6. The molecule has 9 heteroatoms. The fourth-order valence-corrected chi connectivity index (χ4v) is 0.986. The number of rotatable bonds is 3. The van der Waals surface area contributed by atoms with E-state index in [4.69, 9.17) is 0 Å². The van der Waals surface area contributed by atoms with Gasteiger partial charge in [0.15, 0.2) is 6.29 Å². The van der Waals surface area contributed by atoms with E-state index in [-0.39, 0.29) is 12.0 Å². The van der Waals surface area contributed by atoms with Gasteiger partial charge in [-0.2, -0.15) is 26.3 Å². The molecule has 0 aliphatic heterocycles. The van der Waals surface area contributed by atoms with Gasteiger partial charge >= 0.3 is 12.4 Å². The maximum atomic E-state index is 12.1. The van der Waals surface area contributed by atoms with Crippen LogP contribution < -0.4 is 4.74 Å². The van der Waals surface area contributed by atoms with Crippen LogP contribution in [-0.4, -0.2) is 29.7 Å². The Hall–Kier alpha value is -1.80. The monoisotopic (exact) mass is 273 g/mol. The Labute approximate surface area is 96.4 Å². The van der Waals surface area contributed by atoms with Crippen molar-refractivity contribution in [3.63, 3.8) is 0 Å². The van der Waals surface area contributed by atoms with Gasteiger partial charge in [0.1, 0.15) is 11.4 Å². The second-order valence-electron chi connectivity index (χ2n) is 3.12. The minimum absolute atomic E-state index is 0.141. The van der Waals surface area contributed by atoms with E-state index in [1.807, 2.05) is 0 Å². The van der Waals surface area contributed by atoms with Crippen LogP contribution in [0.1, 0.15) is 10.5 Å². The molecule has 0 aliphatic rings. The van der Waals surface area contributed by atoms with E-state index in [9.17, 15) is 31.1 Å². The van der Waals surface area contributed by atoms with Crippen molar-refractivity contribution in [2.24, 2.45) is 0 Å². The lowest BCUT2D eigenvalue weighted by Crippen LogP contribution is -2.46. The highest BCUT2D eigenvalue weighted by Gasteiger charge is 2.59. The lowest BCUT2D eigenvalue weighted by atomic mass is 10.3. The summed E-state index contributed by atoms with van der Waals surface area (Å²) in [6.07, 6.45) is -14.2. The van der Waals surface area contributed by atoms with Crippen LogP contribution in [0.3, 0.4) is 0 Å². The Morgan fingerprint density at radius 1 is 1.11 bits per heavy atom. The Bertz CT molecular complexity index is 397. The zero-order valence-electron chi connectivity index (χ0n) is 8.42. The zero-order valence-corrected chi connectivity index (χ0v) is 8.42. The fraction of sp³-hybridized carbons (Fsp3) is 0.333. The molecule has 0 fully saturated rings. The number of ether oxygens (including phenoxy) is 1. The molecule has 1 aromatic rings. The molecular formula is C9H5F6NO2. The standard InChI is InChI=1S/C9H5F6NO2/c10-8(11,12)7(9(13,14)15)18-6-2-1-5(4-17)16-3-6/h1-4,7H. The van der Waals surface area contributed by atoms with E-state index < -0.39 is 24.2 Å². The van der Waals surface area contributed by atoms with Gasteiger partial charge in [-0.25, -0.2) is 4.98 Å². The van der Waals surface area contributed by atoms with Gasteiger partial charge in [0, 0.05) is 0 Å². The summed E-state index contributed by atoms with van der Waals surface area (Å²) in [5, 5.41) is 0. The van der Waals surface area contributed by atoms with Crippen LogP contribution in [0.5, 0.6) is 5.75 Å². The van der Waals surface area contributed by atoms with E-state index in [1.54, 1.807) is 0 Å². The van der Waals surface area contributed by atoms with E-state index in [1.165, 1.54) is 0 Å². The van der Waals surface area contributed by atoms with Crippen LogP contribution >= 0.6 is 0 Å². The zero-order chi connectivity index (χ0) is 14.0. The van der Waals surface area contributed by atoms with E-state index in [0.717, 1.165) is 12.1 Å². The molecule has 0 bridgehead atoms. The average molecular weight is 273 g/mol. The van der Waals surface area contributed by atoms with E-state index >= 15 is 0 Å². The summed E-state index contributed by atoms with van der Waals surface area (Å²) in [6, 6.07) is 1.73. The molecule has 0 amide bonds. The predicted molar refractivity (Wildman–Crippen MR) is 46.2 cm³/mol. The lowest BCUT2D eigenvalue weighted by molar-refractivity contribution is -0.299. The number of aldehydes is 1. The highest BCUT2D eigenvalue weighted by Crippen LogP contribution is 2.36. The smallest absolute Gasteiger partial charge is 0.434 e. The third kappa shape index (κ3) is 3.60. The number of nitrogens with zero attached hydrogens (tertiary/aromatic N) is 1. The summed E-state index contributed by atoms with van der Waals surface area (Å²) in [7, 11) is 0.